The predicted octanol–water partition coefficient (Wildman–Crippen LogP) is 5.35. The second kappa shape index (κ2) is 7.22. The molecule has 0 saturated heterocycles. The van der Waals surface area contributed by atoms with Gasteiger partial charge in [-0.05, 0) is 81.5 Å². The first kappa shape index (κ1) is 17.6. The van der Waals surface area contributed by atoms with Crippen LogP contribution in [0.5, 0.6) is 0 Å². The number of thioether (sulfide) groups is 1. The zero-order chi connectivity index (χ0) is 17.1. The molecule has 2 rings (SSSR count). The Bertz CT molecular complexity index is 710. The van der Waals surface area contributed by atoms with Crippen LogP contribution in [0, 0.1) is 34.6 Å². The molecular weight excluding hydrogens is 302 g/mol. The Hall–Kier alpha value is -1.74. The lowest BCUT2D eigenvalue weighted by Gasteiger charge is -2.18. The number of carbonyl (C=O) groups is 1. The number of aryl methyl sites for hydroxylation is 3. The van der Waals surface area contributed by atoms with E-state index >= 15 is 0 Å². The van der Waals surface area contributed by atoms with Crippen molar-refractivity contribution in [1.82, 2.24) is 0 Å². The molecule has 0 aliphatic rings. The summed E-state index contributed by atoms with van der Waals surface area (Å²) in [5.74, 6) is 0.0403. The van der Waals surface area contributed by atoms with Crippen molar-refractivity contribution in [2.45, 2.75) is 51.7 Å². The molecule has 0 aliphatic heterocycles. The lowest BCUT2D eigenvalue weighted by atomic mass is 10.0. The quantitative estimate of drug-likeness (QED) is 0.767. The van der Waals surface area contributed by atoms with Crippen LogP contribution >= 0.6 is 11.8 Å². The third-order valence-corrected chi connectivity index (χ3v) is 5.66. The molecule has 2 nitrogen and oxygen atoms in total. The number of anilines is 1. The summed E-state index contributed by atoms with van der Waals surface area (Å²) in [6.07, 6.45) is 0. The number of hydrogen-bond donors (Lipinski definition) is 1. The maximum Gasteiger partial charge on any atom is 0.237 e. The summed E-state index contributed by atoms with van der Waals surface area (Å²) in [7, 11) is 0. The van der Waals surface area contributed by atoms with Crippen LogP contribution in [0.15, 0.2) is 35.2 Å². The van der Waals surface area contributed by atoms with E-state index in [9.17, 15) is 4.79 Å². The van der Waals surface area contributed by atoms with Crippen LogP contribution in [0.4, 0.5) is 5.69 Å². The van der Waals surface area contributed by atoms with Gasteiger partial charge in [-0.1, -0.05) is 18.2 Å². The molecule has 3 heteroatoms. The largest absolute Gasteiger partial charge is 0.325 e. The summed E-state index contributed by atoms with van der Waals surface area (Å²) < 4.78 is 0. The monoisotopic (exact) mass is 327 g/mol. The predicted molar refractivity (Wildman–Crippen MR) is 101 cm³/mol. The van der Waals surface area contributed by atoms with Crippen LogP contribution in [0.3, 0.4) is 0 Å². The van der Waals surface area contributed by atoms with Crippen LogP contribution in [0.1, 0.15) is 34.7 Å². The van der Waals surface area contributed by atoms with Crippen LogP contribution in [-0.4, -0.2) is 11.2 Å². The van der Waals surface area contributed by atoms with Crippen molar-refractivity contribution in [2.75, 3.05) is 5.32 Å². The highest BCUT2D eigenvalue weighted by molar-refractivity contribution is 8.00. The highest BCUT2D eigenvalue weighted by Crippen LogP contribution is 2.33. The normalized spacial score (nSPS) is 12.1. The maximum atomic E-state index is 12.5. The van der Waals surface area contributed by atoms with E-state index < -0.39 is 0 Å². The van der Waals surface area contributed by atoms with Gasteiger partial charge in [-0.3, -0.25) is 4.79 Å². The Balaban J connectivity index is 2.16. The van der Waals surface area contributed by atoms with Gasteiger partial charge in [0.15, 0.2) is 0 Å². The van der Waals surface area contributed by atoms with Crippen molar-refractivity contribution in [3.63, 3.8) is 0 Å². The third kappa shape index (κ3) is 4.17. The molecule has 122 valence electrons. The lowest BCUT2D eigenvalue weighted by Crippen LogP contribution is -2.22. The van der Waals surface area contributed by atoms with Crippen molar-refractivity contribution in [1.29, 1.82) is 0 Å². The maximum absolute atomic E-state index is 12.5. The Morgan fingerprint density at radius 3 is 2.17 bits per heavy atom. The van der Waals surface area contributed by atoms with E-state index in [1.807, 2.05) is 38.1 Å². The van der Waals surface area contributed by atoms with Gasteiger partial charge < -0.3 is 5.32 Å². The Morgan fingerprint density at radius 1 is 1.00 bits per heavy atom. The standard InChI is InChI=1S/C20H25NOS/c1-12-8-7-9-18(10-12)21-20(22)17(6)23-19-15(4)13(2)11-14(3)16(19)5/h7-11,17H,1-6H3,(H,21,22)/t17-/m0/s1. The first-order valence-corrected chi connectivity index (χ1v) is 8.79. The fraction of sp³-hybridized carbons (Fsp3) is 0.350. The second-order valence-electron chi connectivity index (χ2n) is 6.21. The molecule has 0 fully saturated rings. The zero-order valence-corrected chi connectivity index (χ0v) is 15.6. The van der Waals surface area contributed by atoms with Gasteiger partial charge in [0.2, 0.25) is 5.91 Å². The van der Waals surface area contributed by atoms with Gasteiger partial charge in [-0.25, -0.2) is 0 Å². The molecule has 0 heterocycles. The van der Waals surface area contributed by atoms with Gasteiger partial charge in [-0.2, -0.15) is 0 Å². The van der Waals surface area contributed by atoms with Crippen LogP contribution < -0.4 is 5.32 Å². The molecule has 1 atom stereocenters. The number of hydrogen-bond acceptors (Lipinski definition) is 2. The fourth-order valence-electron chi connectivity index (χ4n) is 2.55. The minimum Gasteiger partial charge on any atom is -0.325 e. The van der Waals surface area contributed by atoms with E-state index in [1.165, 1.54) is 27.1 Å². The summed E-state index contributed by atoms with van der Waals surface area (Å²) in [5.41, 5.74) is 7.10. The minimum atomic E-state index is -0.144. The molecule has 2 aromatic rings. The van der Waals surface area contributed by atoms with E-state index in [0.717, 1.165) is 11.3 Å². The molecular formula is C20H25NOS. The summed E-state index contributed by atoms with van der Waals surface area (Å²) in [4.78, 5) is 13.7. The molecule has 2 aromatic carbocycles. The minimum absolute atomic E-state index is 0.0403. The van der Waals surface area contributed by atoms with E-state index in [0.29, 0.717) is 0 Å². The Morgan fingerprint density at radius 2 is 1.61 bits per heavy atom. The van der Waals surface area contributed by atoms with Gasteiger partial charge in [0.05, 0.1) is 5.25 Å². The highest BCUT2D eigenvalue weighted by atomic mass is 32.2. The molecule has 1 amide bonds. The zero-order valence-electron chi connectivity index (χ0n) is 14.8. The highest BCUT2D eigenvalue weighted by Gasteiger charge is 2.18. The summed E-state index contributed by atoms with van der Waals surface area (Å²) >= 11 is 1.64. The third-order valence-electron chi connectivity index (χ3n) is 4.25. The first-order chi connectivity index (χ1) is 10.8. The number of amides is 1. The summed E-state index contributed by atoms with van der Waals surface area (Å²) in [6, 6.07) is 10.1. The number of rotatable bonds is 4. The smallest absolute Gasteiger partial charge is 0.237 e. The van der Waals surface area contributed by atoms with E-state index in [4.69, 9.17) is 0 Å². The van der Waals surface area contributed by atoms with E-state index in [-0.39, 0.29) is 11.2 Å². The Labute approximate surface area is 143 Å². The van der Waals surface area contributed by atoms with Crippen molar-refractivity contribution in [3.8, 4) is 0 Å². The number of carbonyl (C=O) groups excluding carboxylic acids is 1. The topological polar surface area (TPSA) is 29.1 Å². The molecule has 0 aromatic heterocycles. The molecule has 0 aliphatic carbocycles. The molecule has 0 spiro atoms. The van der Waals surface area contributed by atoms with Crippen LogP contribution in [0.2, 0.25) is 0 Å². The fourth-order valence-corrected chi connectivity index (χ4v) is 3.75. The second-order valence-corrected chi connectivity index (χ2v) is 7.56. The molecule has 23 heavy (non-hydrogen) atoms. The van der Waals surface area contributed by atoms with Crippen LogP contribution in [-0.2, 0) is 4.79 Å². The average Bonchev–Trinajstić information content (AvgIpc) is 2.49. The van der Waals surface area contributed by atoms with Gasteiger partial charge in [0, 0.05) is 10.6 Å². The van der Waals surface area contributed by atoms with Crippen molar-refractivity contribution in [3.05, 3.63) is 58.1 Å². The number of benzene rings is 2. The average molecular weight is 327 g/mol. The molecule has 0 unspecified atom stereocenters. The number of nitrogens with one attached hydrogen (secondary N) is 1. The molecule has 0 radical (unpaired) electrons. The van der Waals surface area contributed by atoms with Gasteiger partial charge >= 0.3 is 0 Å². The summed E-state index contributed by atoms with van der Waals surface area (Å²) in [5, 5.41) is 2.87. The van der Waals surface area contributed by atoms with E-state index in [2.05, 4.69) is 39.1 Å². The lowest BCUT2D eigenvalue weighted by molar-refractivity contribution is -0.115. The van der Waals surface area contributed by atoms with E-state index in [1.54, 1.807) is 11.8 Å². The van der Waals surface area contributed by atoms with Crippen LogP contribution in [0.25, 0.3) is 0 Å². The van der Waals surface area contributed by atoms with Crippen molar-refractivity contribution < 1.29 is 4.79 Å². The van der Waals surface area contributed by atoms with Crippen molar-refractivity contribution >= 4 is 23.4 Å². The first-order valence-electron chi connectivity index (χ1n) is 7.91. The molecule has 1 N–H and O–H groups in total. The van der Waals surface area contributed by atoms with Gasteiger partial charge in [0.1, 0.15) is 0 Å². The molecule has 0 saturated carbocycles. The summed E-state index contributed by atoms with van der Waals surface area (Å²) in [6.45, 7) is 12.5. The Kier molecular flexibility index (Phi) is 5.53. The molecule has 0 bridgehead atoms. The van der Waals surface area contributed by atoms with Gasteiger partial charge in [0.25, 0.3) is 0 Å². The SMILES string of the molecule is Cc1cccc(NC(=O)[C@H](C)Sc2c(C)c(C)cc(C)c2C)c1. The van der Waals surface area contributed by atoms with Crippen molar-refractivity contribution in [2.24, 2.45) is 0 Å². The van der Waals surface area contributed by atoms with Gasteiger partial charge in [-0.15, -0.1) is 11.8 Å².